The first kappa shape index (κ1) is 18.1. The van der Waals surface area contributed by atoms with Crippen LogP contribution in [0.4, 0.5) is 5.82 Å². The van der Waals surface area contributed by atoms with E-state index in [2.05, 4.69) is 15.2 Å². The van der Waals surface area contributed by atoms with Gasteiger partial charge in [0.25, 0.3) is 0 Å². The molecule has 7 nitrogen and oxygen atoms in total. The van der Waals surface area contributed by atoms with Gasteiger partial charge >= 0.3 is 5.97 Å². The summed E-state index contributed by atoms with van der Waals surface area (Å²) in [6.45, 7) is 3.94. The number of nitrogens with zero attached hydrogens (tertiary/aromatic N) is 2. The molecular formula is C19H23N3O4. The van der Waals surface area contributed by atoms with Crippen molar-refractivity contribution in [2.45, 2.75) is 26.3 Å². The maximum absolute atomic E-state index is 12.6. The molecule has 1 amide bonds. The molecular weight excluding hydrogens is 334 g/mol. The number of nitrogens with one attached hydrogen (secondary N) is 1. The fourth-order valence-corrected chi connectivity index (χ4v) is 3.23. The van der Waals surface area contributed by atoms with Gasteiger partial charge in [-0.1, -0.05) is 6.07 Å². The topological polar surface area (TPSA) is 84.7 Å². The van der Waals surface area contributed by atoms with Crippen LogP contribution in [0.3, 0.4) is 0 Å². The van der Waals surface area contributed by atoms with Crippen LogP contribution in [-0.4, -0.2) is 42.0 Å². The summed E-state index contributed by atoms with van der Waals surface area (Å²) in [6.07, 6.45) is 3.24. The Morgan fingerprint density at radius 2 is 2.23 bits per heavy atom. The van der Waals surface area contributed by atoms with Crippen molar-refractivity contribution in [3.8, 4) is 0 Å². The minimum Gasteiger partial charge on any atom is -0.463 e. The van der Waals surface area contributed by atoms with Gasteiger partial charge in [-0.2, -0.15) is 0 Å². The Morgan fingerprint density at radius 1 is 1.38 bits per heavy atom. The number of anilines is 1. The van der Waals surface area contributed by atoms with E-state index in [1.807, 2.05) is 19.1 Å². The molecule has 138 valence electrons. The third-order valence-corrected chi connectivity index (χ3v) is 4.53. The number of carbonyl (C=O) groups excluding carboxylic acids is 2. The van der Waals surface area contributed by atoms with Gasteiger partial charge in [0.15, 0.2) is 0 Å². The molecule has 0 bridgehead atoms. The number of methoxy groups -OCH3 is 1. The van der Waals surface area contributed by atoms with E-state index in [4.69, 9.17) is 9.15 Å². The fourth-order valence-electron chi connectivity index (χ4n) is 3.23. The number of carbonyl (C=O) groups is 2. The highest BCUT2D eigenvalue weighted by atomic mass is 16.5. The summed E-state index contributed by atoms with van der Waals surface area (Å²) in [4.78, 5) is 30.8. The lowest BCUT2D eigenvalue weighted by Gasteiger charge is -2.31. The van der Waals surface area contributed by atoms with Crippen molar-refractivity contribution in [3.05, 3.63) is 47.5 Å². The molecule has 0 saturated carbocycles. The second kappa shape index (κ2) is 8.14. The Balaban J connectivity index is 1.61. The zero-order valence-corrected chi connectivity index (χ0v) is 15.0. The molecule has 1 saturated heterocycles. The van der Waals surface area contributed by atoms with Crippen molar-refractivity contribution in [3.63, 3.8) is 0 Å². The summed E-state index contributed by atoms with van der Waals surface area (Å²) in [5.41, 5.74) is 1.64. The number of aromatic nitrogens is 1. The number of hydrogen-bond donors (Lipinski definition) is 1. The molecule has 1 atom stereocenters. The molecule has 0 aromatic carbocycles. The van der Waals surface area contributed by atoms with Crippen molar-refractivity contribution in [1.82, 2.24) is 9.88 Å². The number of hydrogen-bond acceptors (Lipinski definition) is 6. The zero-order chi connectivity index (χ0) is 18.5. The van der Waals surface area contributed by atoms with Gasteiger partial charge in [-0.3, -0.25) is 9.69 Å². The van der Waals surface area contributed by atoms with E-state index in [1.54, 1.807) is 12.1 Å². The molecule has 3 heterocycles. The molecule has 7 heteroatoms. The van der Waals surface area contributed by atoms with Crippen molar-refractivity contribution in [2.75, 3.05) is 25.5 Å². The van der Waals surface area contributed by atoms with E-state index in [1.165, 1.54) is 13.4 Å². The molecule has 1 unspecified atom stereocenters. The molecule has 3 rings (SSSR count). The average Bonchev–Trinajstić information content (AvgIpc) is 3.09. The molecule has 2 aromatic heterocycles. The van der Waals surface area contributed by atoms with E-state index in [0.29, 0.717) is 18.9 Å². The second-order valence-electron chi connectivity index (χ2n) is 6.49. The van der Waals surface area contributed by atoms with Gasteiger partial charge in [-0.25, -0.2) is 9.78 Å². The van der Waals surface area contributed by atoms with Crippen molar-refractivity contribution in [2.24, 2.45) is 5.92 Å². The Hall–Kier alpha value is -2.67. The SMILES string of the molecule is COC(=O)c1occc1CN1CCCC(C(=O)Nc2cccc(C)n2)C1. The second-order valence-corrected chi connectivity index (χ2v) is 6.49. The molecule has 0 aliphatic carbocycles. The van der Waals surface area contributed by atoms with Gasteiger partial charge in [0.1, 0.15) is 5.82 Å². The first-order valence-electron chi connectivity index (χ1n) is 8.68. The van der Waals surface area contributed by atoms with Crippen LogP contribution >= 0.6 is 0 Å². The third-order valence-electron chi connectivity index (χ3n) is 4.53. The summed E-state index contributed by atoms with van der Waals surface area (Å²) < 4.78 is 9.97. The number of esters is 1. The Labute approximate surface area is 152 Å². The predicted octanol–water partition coefficient (Wildman–Crippen LogP) is 2.62. The largest absolute Gasteiger partial charge is 0.463 e. The number of pyridine rings is 1. The van der Waals surface area contributed by atoms with Crippen LogP contribution in [0, 0.1) is 12.8 Å². The normalized spacial score (nSPS) is 17.7. The number of furan rings is 1. The number of piperidine rings is 1. The van der Waals surface area contributed by atoms with Crippen LogP contribution < -0.4 is 5.32 Å². The number of aryl methyl sites for hydroxylation is 1. The average molecular weight is 357 g/mol. The van der Waals surface area contributed by atoms with E-state index < -0.39 is 5.97 Å². The quantitative estimate of drug-likeness (QED) is 0.828. The lowest BCUT2D eigenvalue weighted by Crippen LogP contribution is -2.40. The van der Waals surface area contributed by atoms with Crippen LogP contribution in [0.25, 0.3) is 0 Å². The standard InChI is InChI=1S/C19H23N3O4/c1-13-5-3-7-16(20-13)21-18(23)15-6-4-9-22(12-15)11-14-8-10-26-17(14)19(24)25-2/h3,5,7-8,10,15H,4,6,9,11-12H2,1-2H3,(H,20,21,23). The number of ether oxygens (including phenoxy) is 1. The van der Waals surface area contributed by atoms with Gasteiger partial charge in [-0.05, 0) is 44.5 Å². The van der Waals surface area contributed by atoms with Gasteiger partial charge in [0.05, 0.1) is 19.3 Å². The van der Waals surface area contributed by atoms with E-state index in [9.17, 15) is 9.59 Å². The predicted molar refractivity (Wildman–Crippen MR) is 95.7 cm³/mol. The molecule has 0 spiro atoms. The fraction of sp³-hybridized carbons (Fsp3) is 0.421. The smallest absolute Gasteiger partial charge is 0.374 e. The summed E-state index contributed by atoms with van der Waals surface area (Å²) in [5, 5.41) is 2.90. The summed E-state index contributed by atoms with van der Waals surface area (Å²) in [5.74, 6) is 0.188. The van der Waals surface area contributed by atoms with Gasteiger partial charge in [0.2, 0.25) is 11.7 Å². The third kappa shape index (κ3) is 4.29. The molecule has 2 aromatic rings. The molecule has 1 aliphatic rings. The highest BCUT2D eigenvalue weighted by Crippen LogP contribution is 2.22. The van der Waals surface area contributed by atoms with Crippen molar-refractivity contribution < 1.29 is 18.7 Å². The maximum atomic E-state index is 12.6. The monoisotopic (exact) mass is 357 g/mol. The number of amides is 1. The molecule has 1 N–H and O–H groups in total. The first-order valence-corrected chi connectivity index (χ1v) is 8.68. The summed E-state index contributed by atoms with van der Waals surface area (Å²) in [6, 6.07) is 7.33. The molecule has 26 heavy (non-hydrogen) atoms. The maximum Gasteiger partial charge on any atom is 0.374 e. The van der Waals surface area contributed by atoms with Gasteiger partial charge < -0.3 is 14.5 Å². The Bertz CT molecular complexity index is 787. The van der Waals surface area contributed by atoms with E-state index >= 15 is 0 Å². The van der Waals surface area contributed by atoms with Gasteiger partial charge in [-0.15, -0.1) is 0 Å². The van der Waals surface area contributed by atoms with Gasteiger partial charge in [0, 0.05) is 24.3 Å². The minimum absolute atomic E-state index is 0.0202. The van der Waals surface area contributed by atoms with Crippen LogP contribution in [0.1, 0.15) is 34.7 Å². The minimum atomic E-state index is -0.484. The lowest BCUT2D eigenvalue weighted by molar-refractivity contribution is -0.121. The van der Waals surface area contributed by atoms with Crippen molar-refractivity contribution >= 4 is 17.7 Å². The molecule has 0 radical (unpaired) electrons. The van der Waals surface area contributed by atoms with E-state index in [0.717, 1.165) is 30.6 Å². The summed E-state index contributed by atoms with van der Waals surface area (Å²) in [7, 11) is 1.33. The highest BCUT2D eigenvalue weighted by molar-refractivity contribution is 5.92. The number of rotatable bonds is 5. The van der Waals surface area contributed by atoms with Crippen LogP contribution in [0.5, 0.6) is 0 Å². The van der Waals surface area contributed by atoms with Crippen LogP contribution in [-0.2, 0) is 16.1 Å². The Morgan fingerprint density at radius 3 is 3.00 bits per heavy atom. The zero-order valence-electron chi connectivity index (χ0n) is 15.0. The van der Waals surface area contributed by atoms with E-state index in [-0.39, 0.29) is 17.6 Å². The highest BCUT2D eigenvalue weighted by Gasteiger charge is 2.27. The van der Waals surface area contributed by atoms with Crippen molar-refractivity contribution in [1.29, 1.82) is 0 Å². The van der Waals surface area contributed by atoms with Crippen LogP contribution in [0.15, 0.2) is 34.9 Å². The molecule has 1 aliphatic heterocycles. The van der Waals surface area contributed by atoms with Crippen LogP contribution in [0.2, 0.25) is 0 Å². The Kier molecular flexibility index (Phi) is 5.68. The first-order chi connectivity index (χ1) is 12.6. The summed E-state index contributed by atoms with van der Waals surface area (Å²) >= 11 is 0. The lowest BCUT2D eigenvalue weighted by atomic mass is 9.96. The number of likely N-dealkylation sites (tertiary alicyclic amines) is 1. The molecule has 1 fully saturated rings.